The first-order valence-corrected chi connectivity index (χ1v) is 22.6. The van der Waals surface area contributed by atoms with Gasteiger partial charge in [0.1, 0.15) is 11.5 Å². The summed E-state index contributed by atoms with van der Waals surface area (Å²) < 4.78 is 19.9. The van der Waals surface area contributed by atoms with Crippen molar-refractivity contribution < 1.29 is 14.2 Å². The predicted octanol–water partition coefficient (Wildman–Crippen LogP) is 14.7. The van der Waals surface area contributed by atoms with Gasteiger partial charge < -0.3 is 24.4 Å². The van der Waals surface area contributed by atoms with Gasteiger partial charge in [0, 0.05) is 52.6 Å². The Morgan fingerprint density at radius 2 is 1.09 bits per heavy atom. The molecule has 3 aliphatic heterocycles. The monoisotopic (exact) mass is 848 g/mol. The van der Waals surface area contributed by atoms with Crippen molar-refractivity contribution in [1.82, 2.24) is 0 Å². The summed E-state index contributed by atoms with van der Waals surface area (Å²) in [6.07, 6.45) is 0.811. The van der Waals surface area contributed by atoms with Crippen molar-refractivity contribution in [3.8, 4) is 67.9 Å². The van der Waals surface area contributed by atoms with Gasteiger partial charge in [0.05, 0.1) is 0 Å². The summed E-state index contributed by atoms with van der Waals surface area (Å²) in [6, 6.07) is 73.2. The quantitative estimate of drug-likeness (QED) is 0.169. The lowest BCUT2D eigenvalue weighted by molar-refractivity contribution is 0.360. The van der Waals surface area contributed by atoms with Crippen LogP contribution in [-0.4, -0.2) is 7.28 Å². The molecule has 0 fully saturated rings. The Morgan fingerprint density at radius 3 is 1.89 bits per heavy atom. The molecule has 3 aliphatic rings. The Balaban J connectivity index is 1.03. The van der Waals surface area contributed by atoms with Crippen LogP contribution in [-0.2, 0) is 6.42 Å². The van der Waals surface area contributed by atoms with Gasteiger partial charge in [0.15, 0.2) is 30.3 Å². The van der Waals surface area contributed by atoms with E-state index >= 15 is 0 Å². The third-order valence-corrected chi connectivity index (χ3v) is 13.3. The molecule has 0 unspecified atom stereocenters. The van der Waals surface area contributed by atoms with Crippen molar-refractivity contribution in [2.45, 2.75) is 13.3 Å². The molecule has 0 radical (unpaired) electrons. The lowest BCUT2D eigenvalue weighted by Gasteiger charge is -2.37. The molecule has 0 bridgehead atoms. The number of benzene rings is 10. The Labute approximate surface area is 384 Å². The molecular formula is C60H41BN2O3. The van der Waals surface area contributed by atoms with E-state index in [4.69, 9.17) is 14.2 Å². The van der Waals surface area contributed by atoms with Gasteiger partial charge in [-0.25, -0.2) is 0 Å². The van der Waals surface area contributed by atoms with Gasteiger partial charge in [0.25, 0.3) is 0 Å². The molecule has 0 aliphatic carbocycles. The van der Waals surface area contributed by atoms with Gasteiger partial charge >= 0.3 is 0 Å². The minimum absolute atomic E-state index is 0.662. The van der Waals surface area contributed by atoms with Crippen LogP contribution in [0.3, 0.4) is 0 Å². The van der Waals surface area contributed by atoms with Crippen LogP contribution in [0.4, 0.5) is 28.4 Å². The van der Waals surface area contributed by atoms with E-state index in [0.717, 1.165) is 74.1 Å². The summed E-state index contributed by atoms with van der Waals surface area (Å²) in [6.45, 7) is 2.20. The summed E-state index contributed by atoms with van der Waals surface area (Å²) in [5, 5.41) is 6.25. The van der Waals surface area contributed by atoms with Crippen molar-refractivity contribution in [2.75, 3.05) is 10.2 Å². The van der Waals surface area contributed by atoms with E-state index in [1.165, 1.54) is 44.1 Å². The van der Waals surface area contributed by atoms with Crippen molar-refractivity contribution in [2.24, 2.45) is 0 Å². The zero-order valence-electron chi connectivity index (χ0n) is 36.2. The molecular weight excluding hydrogens is 807 g/mol. The van der Waals surface area contributed by atoms with Gasteiger partial charge in [-0.3, -0.25) is 0 Å². The highest BCUT2D eigenvalue weighted by Crippen LogP contribution is 2.50. The molecule has 0 aromatic heterocycles. The molecule has 13 rings (SSSR count). The lowest BCUT2D eigenvalue weighted by Crippen LogP contribution is -2.41. The summed E-state index contributed by atoms with van der Waals surface area (Å²) in [5.74, 6) is 4.54. The summed E-state index contributed by atoms with van der Waals surface area (Å²) in [4.78, 5) is 2.41. The number of anilines is 5. The second-order valence-corrected chi connectivity index (χ2v) is 17.4. The molecule has 0 spiro atoms. The fraction of sp³-hybridized carbons (Fsp3) is 0.0333. The first-order valence-electron chi connectivity index (χ1n) is 22.6. The van der Waals surface area contributed by atoms with Gasteiger partial charge in [-0.1, -0.05) is 133 Å². The van der Waals surface area contributed by atoms with E-state index in [9.17, 15) is 0 Å². The number of fused-ring (bicyclic) bond motifs is 7. The van der Waals surface area contributed by atoms with Crippen LogP contribution in [0.25, 0.3) is 44.2 Å². The van der Waals surface area contributed by atoms with Crippen LogP contribution in [0.2, 0.25) is 0 Å². The lowest BCUT2D eigenvalue weighted by atomic mass is 9.57. The van der Waals surface area contributed by atoms with E-state index in [-0.39, 0.29) is 0 Å². The van der Waals surface area contributed by atoms with Crippen LogP contribution in [0.5, 0.6) is 34.5 Å². The maximum absolute atomic E-state index is 6.68. The highest BCUT2D eigenvalue weighted by molar-refractivity contribution is 6.73. The number of nitrogens with zero attached hydrogens (tertiary/aromatic N) is 1. The number of para-hydroxylation sites is 3. The van der Waals surface area contributed by atoms with Crippen LogP contribution >= 0.6 is 0 Å². The number of hydrogen-bond acceptors (Lipinski definition) is 5. The highest BCUT2D eigenvalue weighted by Gasteiger charge is 2.33. The van der Waals surface area contributed by atoms with Crippen LogP contribution < -0.4 is 35.4 Å². The Bertz CT molecular complexity index is 3570. The molecule has 0 amide bonds. The van der Waals surface area contributed by atoms with Gasteiger partial charge in [0.2, 0.25) is 0 Å². The van der Waals surface area contributed by atoms with E-state index in [0.29, 0.717) is 30.3 Å². The van der Waals surface area contributed by atoms with Gasteiger partial charge in [-0.05, 0) is 134 Å². The Hall–Kier alpha value is -8.48. The number of aryl methyl sites for hydroxylation is 1. The summed E-state index contributed by atoms with van der Waals surface area (Å²) in [7, 11) is 0.662. The van der Waals surface area contributed by atoms with Crippen LogP contribution in [0, 0.1) is 6.92 Å². The molecule has 6 heteroatoms. The largest absolute Gasteiger partial charge is 0.457 e. The van der Waals surface area contributed by atoms with Gasteiger partial charge in [-0.15, -0.1) is 0 Å². The fourth-order valence-corrected chi connectivity index (χ4v) is 9.98. The number of rotatable bonds is 6. The Kier molecular flexibility index (Phi) is 8.85. The van der Waals surface area contributed by atoms with E-state index in [1.54, 1.807) is 0 Å². The maximum Gasteiger partial charge on any atom is 0.198 e. The zero-order chi connectivity index (χ0) is 43.7. The minimum atomic E-state index is 0.662. The SMILES string of the molecule is Cc1ccccc1-c1cc(-c2cc3ccccc3cc2Nc2ccc(-c3ccccc3)cc2)c2c(c1)N(c1ccc3c(c1)Oc1ccccc1C3)c1cc3c(cc1B2)Oc1ccccc1O3. The van der Waals surface area contributed by atoms with Crippen LogP contribution in [0.1, 0.15) is 16.7 Å². The highest BCUT2D eigenvalue weighted by atomic mass is 16.6. The molecule has 66 heavy (non-hydrogen) atoms. The van der Waals surface area contributed by atoms with Crippen molar-refractivity contribution in [3.63, 3.8) is 0 Å². The van der Waals surface area contributed by atoms with Crippen molar-refractivity contribution >= 4 is 57.4 Å². The minimum Gasteiger partial charge on any atom is -0.457 e. The third-order valence-electron chi connectivity index (χ3n) is 13.3. The molecule has 0 atom stereocenters. The number of ether oxygens (including phenoxy) is 3. The smallest absolute Gasteiger partial charge is 0.198 e. The molecule has 10 aromatic rings. The summed E-state index contributed by atoms with van der Waals surface area (Å²) in [5.41, 5.74) is 18.0. The first kappa shape index (κ1) is 38.0. The number of nitrogens with one attached hydrogen (secondary N) is 1. The topological polar surface area (TPSA) is 43.0 Å². The normalized spacial score (nSPS) is 12.7. The average molecular weight is 849 g/mol. The molecule has 5 nitrogen and oxygen atoms in total. The molecule has 3 heterocycles. The van der Waals surface area contributed by atoms with E-state index in [1.807, 2.05) is 30.3 Å². The van der Waals surface area contributed by atoms with Crippen molar-refractivity contribution in [3.05, 3.63) is 223 Å². The van der Waals surface area contributed by atoms with E-state index in [2.05, 4.69) is 193 Å². The molecule has 1 N–H and O–H groups in total. The standard InChI is InChI=1S/C60H41BN2O3/c1-37-13-5-9-19-47(37)44-31-49(48-30-40-16-6-7-17-41(40)32-51(48)62-45-26-23-39(24-27-45)38-14-3-2-4-15-38)60-53(33-44)63(46-28-25-43-29-42-18-8-10-20-54(42)64-57(43)34-46)52-36-59-58(35-50(52)61-60)65-55-21-11-12-22-56(55)66-59/h2-28,30-36,61-62H,29H2,1H3. The fourth-order valence-electron chi connectivity index (χ4n) is 9.98. The summed E-state index contributed by atoms with van der Waals surface area (Å²) >= 11 is 0. The van der Waals surface area contributed by atoms with Crippen LogP contribution in [0.15, 0.2) is 206 Å². The number of hydrogen-bond donors (Lipinski definition) is 1. The maximum atomic E-state index is 6.68. The van der Waals surface area contributed by atoms with E-state index < -0.39 is 0 Å². The predicted molar refractivity (Wildman–Crippen MR) is 272 cm³/mol. The third kappa shape index (κ3) is 6.57. The molecule has 0 saturated heterocycles. The van der Waals surface area contributed by atoms with Gasteiger partial charge in [-0.2, -0.15) is 0 Å². The average Bonchev–Trinajstić information content (AvgIpc) is 3.36. The second-order valence-electron chi connectivity index (χ2n) is 17.4. The first-order chi connectivity index (χ1) is 32.6. The second kappa shape index (κ2) is 15.4. The van der Waals surface area contributed by atoms with Crippen molar-refractivity contribution in [1.29, 1.82) is 0 Å². The molecule has 10 aromatic carbocycles. The molecule has 312 valence electrons. The molecule has 0 saturated carbocycles. The zero-order valence-corrected chi connectivity index (χ0v) is 36.2. The Morgan fingerprint density at radius 1 is 0.439 bits per heavy atom.